The van der Waals surface area contributed by atoms with Gasteiger partial charge in [0.05, 0.1) is 30.0 Å². The Labute approximate surface area is 162 Å². The first kappa shape index (κ1) is 18.1. The molecule has 0 atom stereocenters. The van der Waals surface area contributed by atoms with Gasteiger partial charge in [0.1, 0.15) is 11.4 Å². The van der Waals surface area contributed by atoms with Gasteiger partial charge < -0.3 is 19.9 Å². The van der Waals surface area contributed by atoms with Gasteiger partial charge in [-0.3, -0.25) is 4.72 Å². The Kier molecular flexibility index (Phi) is 4.58. The number of sulfonamides is 1. The number of fused-ring (bicyclic) bond motifs is 2. The fraction of sp³-hybridized carbons (Fsp3) is 0.100. The van der Waals surface area contributed by atoms with Crippen molar-refractivity contribution >= 4 is 27.1 Å². The molecule has 0 fully saturated rings. The molecule has 0 radical (unpaired) electrons. The van der Waals surface area contributed by atoms with Gasteiger partial charge in [0, 0.05) is 0 Å². The highest BCUT2D eigenvalue weighted by atomic mass is 32.2. The van der Waals surface area contributed by atoms with E-state index in [9.17, 15) is 13.5 Å². The Hall–Kier alpha value is -3.23. The fourth-order valence-corrected chi connectivity index (χ4v) is 3.97. The molecular formula is C20H18N2O5S. The number of para-hydroxylation sites is 1. The van der Waals surface area contributed by atoms with E-state index < -0.39 is 10.0 Å². The van der Waals surface area contributed by atoms with Crippen LogP contribution >= 0.6 is 0 Å². The number of hydrogen-bond acceptors (Lipinski definition) is 6. The van der Waals surface area contributed by atoms with Gasteiger partial charge in [0.25, 0.3) is 10.0 Å². The molecule has 1 heterocycles. The predicted molar refractivity (Wildman–Crippen MR) is 106 cm³/mol. The van der Waals surface area contributed by atoms with Crippen molar-refractivity contribution in [3.63, 3.8) is 0 Å². The van der Waals surface area contributed by atoms with Crippen LogP contribution in [-0.4, -0.2) is 20.6 Å². The average molecular weight is 398 g/mol. The fourth-order valence-electron chi connectivity index (χ4n) is 2.89. The molecule has 0 saturated carbocycles. The van der Waals surface area contributed by atoms with Crippen molar-refractivity contribution < 1.29 is 23.0 Å². The van der Waals surface area contributed by atoms with Gasteiger partial charge in [-0.25, -0.2) is 8.42 Å². The molecule has 144 valence electrons. The van der Waals surface area contributed by atoms with Crippen molar-refractivity contribution in [3.8, 4) is 17.2 Å². The Morgan fingerprint density at radius 1 is 1.07 bits per heavy atom. The third kappa shape index (κ3) is 3.35. The molecule has 0 aliphatic carbocycles. The molecule has 1 aliphatic rings. The minimum atomic E-state index is -3.79. The minimum absolute atomic E-state index is 0.0921. The Morgan fingerprint density at radius 2 is 1.86 bits per heavy atom. The summed E-state index contributed by atoms with van der Waals surface area (Å²) < 4.78 is 39.1. The van der Waals surface area contributed by atoms with Gasteiger partial charge in [0.15, 0.2) is 11.5 Å². The summed E-state index contributed by atoms with van der Waals surface area (Å²) in [6, 6.07) is 16.5. The molecule has 0 unspecified atom stereocenters. The van der Waals surface area contributed by atoms with E-state index in [0.717, 1.165) is 5.56 Å². The molecule has 0 amide bonds. The second kappa shape index (κ2) is 7.06. The second-order valence-electron chi connectivity index (χ2n) is 6.18. The highest BCUT2D eigenvalue weighted by molar-refractivity contribution is 7.92. The largest absolute Gasteiger partial charge is 0.497 e. The van der Waals surface area contributed by atoms with Gasteiger partial charge in [-0.2, -0.15) is 0 Å². The normalized spacial score (nSPS) is 12.2. The number of nitrogens with one attached hydrogen (secondary N) is 2. The van der Waals surface area contributed by atoms with E-state index in [2.05, 4.69) is 10.0 Å². The number of ether oxygens (including phenoxy) is 2. The van der Waals surface area contributed by atoms with E-state index in [1.807, 2.05) is 0 Å². The number of benzene rings is 3. The first-order chi connectivity index (χ1) is 13.5. The van der Waals surface area contributed by atoms with Gasteiger partial charge in [0.2, 0.25) is 0 Å². The first-order valence-electron chi connectivity index (χ1n) is 8.49. The summed E-state index contributed by atoms with van der Waals surface area (Å²) in [5, 5.41) is 12.5. The number of hydrogen-bond donors (Lipinski definition) is 3. The van der Waals surface area contributed by atoms with Crippen LogP contribution in [-0.2, 0) is 16.6 Å². The van der Waals surface area contributed by atoms with Crippen molar-refractivity contribution in [2.75, 3.05) is 17.1 Å². The van der Waals surface area contributed by atoms with Crippen LogP contribution in [0.5, 0.6) is 17.2 Å². The van der Waals surface area contributed by atoms with Crippen molar-refractivity contribution in [2.24, 2.45) is 0 Å². The van der Waals surface area contributed by atoms with Crippen LogP contribution in [0, 0.1) is 0 Å². The summed E-state index contributed by atoms with van der Waals surface area (Å²) in [4.78, 5) is 0.121. The number of rotatable bonds is 5. The summed E-state index contributed by atoms with van der Waals surface area (Å²) >= 11 is 0. The minimum Gasteiger partial charge on any atom is -0.497 e. The molecule has 3 N–H and O–H groups in total. The summed E-state index contributed by atoms with van der Waals surface area (Å²) in [7, 11) is -2.28. The van der Waals surface area contributed by atoms with Gasteiger partial charge in [-0.15, -0.1) is 0 Å². The van der Waals surface area contributed by atoms with Crippen LogP contribution in [0.25, 0.3) is 0 Å². The summed E-state index contributed by atoms with van der Waals surface area (Å²) in [5.74, 6) is 1.62. The summed E-state index contributed by atoms with van der Waals surface area (Å²) in [5.41, 5.74) is 2.29. The van der Waals surface area contributed by atoms with Crippen molar-refractivity contribution in [1.29, 1.82) is 0 Å². The molecule has 0 spiro atoms. The zero-order valence-corrected chi connectivity index (χ0v) is 15.8. The Morgan fingerprint density at radius 3 is 2.57 bits per heavy atom. The van der Waals surface area contributed by atoms with E-state index in [1.165, 1.54) is 19.2 Å². The molecule has 28 heavy (non-hydrogen) atoms. The molecule has 1 aliphatic heterocycles. The predicted octanol–water partition coefficient (Wildman–Crippen LogP) is 3.84. The summed E-state index contributed by atoms with van der Waals surface area (Å²) in [6.07, 6.45) is 0. The van der Waals surface area contributed by atoms with E-state index in [0.29, 0.717) is 34.3 Å². The number of aliphatic hydroxyl groups is 1. The third-order valence-electron chi connectivity index (χ3n) is 4.35. The zero-order chi connectivity index (χ0) is 19.7. The molecule has 3 aromatic carbocycles. The van der Waals surface area contributed by atoms with Crippen LogP contribution in [0.15, 0.2) is 65.6 Å². The van der Waals surface area contributed by atoms with Crippen molar-refractivity contribution in [1.82, 2.24) is 0 Å². The smallest absolute Gasteiger partial charge is 0.261 e. The second-order valence-corrected chi connectivity index (χ2v) is 7.86. The molecule has 0 saturated heterocycles. The number of anilines is 3. The van der Waals surface area contributed by atoms with Crippen molar-refractivity contribution in [3.05, 3.63) is 66.2 Å². The lowest BCUT2D eigenvalue weighted by Crippen LogP contribution is -2.15. The maximum absolute atomic E-state index is 12.8. The summed E-state index contributed by atoms with van der Waals surface area (Å²) in [6.45, 7) is -0.0921. The molecule has 0 bridgehead atoms. The molecule has 8 heteroatoms. The molecule has 7 nitrogen and oxygen atoms in total. The monoisotopic (exact) mass is 398 g/mol. The van der Waals surface area contributed by atoms with E-state index in [1.54, 1.807) is 48.5 Å². The van der Waals surface area contributed by atoms with E-state index >= 15 is 0 Å². The van der Waals surface area contributed by atoms with Crippen molar-refractivity contribution in [2.45, 2.75) is 11.5 Å². The van der Waals surface area contributed by atoms with Crippen LogP contribution in [0.4, 0.5) is 17.1 Å². The van der Waals surface area contributed by atoms with Crippen LogP contribution in [0.3, 0.4) is 0 Å². The molecule has 0 aromatic heterocycles. The van der Waals surface area contributed by atoms with Crippen LogP contribution in [0.2, 0.25) is 0 Å². The van der Waals surface area contributed by atoms with Gasteiger partial charge >= 0.3 is 0 Å². The van der Waals surface area contributed by atoms with E-state index in [-0.39, 0.29) is 11.5 Å². The number of methoxy groups -OCH3 is 1. The SMILES string of the molecule is COc1ccc(S(=O)(=O)Nc2cccc3c2Nc2ccc(CO)cc2O3)cc1. The maximum atomic E-state index is 12.8. The molecule has 4 rings (SSSR count). The lowest BCUT2D eigenvalue weighted by atomic mass is 10.1. The lowest BCUT2D eigenvalue weighted by molar-refractivity contribution is 0.281. The standard InChI is InChI=1S/C20H18N2O5S/c1-26-14-6-8-15(9-7-14)28(24,25)22-17-3-2-4-18-20(17)21-16-10-5-13(12-23)11-19(16)27-18/h2-11,21-23H,12H2,1H3. The lowest BCUT2D eigenvalue weighted by Gasteiger charge is -2.24. The Bertz CT molecular complexity index is 1130. The van der Waals surface area contributed by atoms with Crippen LogP contribution in [0.1, 0.15) is 5.56 Å². The highest BCUT2D eigenvalue weighted by Crippen LogP contribution is 2.46. The topological polar surface area (TPSA) is 96.9 Å². The van der Waals surface area contributed by atoms with Gasteiger partial charge in [-0.1, -0.05) is 12.1 Å². The molecular weight excluding hydrogens is 380 g/mol. The maximum Gasteiger partial charge on any atom is 0.261 e. The highest BCUT2D eigenvalue weighted by Gasteiger charge is 2.23. The molecule has 3 aromatic rings. The third-order valence-corrected chi connectivity index (χ3v) is 5.73. The zero-order valence-electron chi connectivity index (χ0n) is 15.0. The average Bonchev–Trinajstić information content (AvgIpc) is 2.72. The van der Waals surface area contributed by atoms with Gasteiger partial charge in [-0.05, 0) is 54.1 Å². The van der Waals surface area contributed by atoms with Crippen LogP contribution < -0.4 is 19.5 Å². The quantitative estimate of drug-likeness (QED) is 0.473. The number of aliphatic hydroxyl groups excluding tert-OH is 1. The first-order valence-corrected chi connectivity index (χ1v) is 9.97. The van der Waals surface area contributed by atoms with E-state index in [4.69, 9.17) is 9.47 Å². The Balaban J connectivity index is 1.66.